The number of carbonyl (C=O) groups excluding carboxylic acids is 1. The van der Waals surface area contributed by atoms with E-state index in [0.717, 1.165) is 31.2 Å². The van der Waals surface area contributed by atoms with Crippen LogP contribution in [-0.2, 0) is 5.54 Å². The lowest BCUT2D eigenvalue weighted by molar-refractivity contribution is 0.232. The van der Waals surface area contributed by atoms with Gasteiger partial charge in [0.1, 0.15) is 5.75 Å². The molecule has 2 aromatic rings. The van der Waals surface area contributed by atoms with Crippen LogP contribution in [0.1, 0.15) is 36.8 Å². The normalized spacial score (nSPS) is 17.8. The van der Waals surface area contributed by atoms with Gasteiger partial charge < -0.3 is 26.9 Å². The Bertz CT molecular complexity index is 987. The van der Waals surface area contributed by atoms with E-state index in [0.29, 0.717) is 32.8 Å². The van der Waals surface area contributed by atoms with Gasteiger partial charge in [0.05, 0.1) is 26.8 Å². The molecule has 9 heteroatoms. The highest BCUT2D eigenvalue weighted by Crippen LogP contribution is 2.51. The van der Waals surface area contributed by atoms with Crippen LogP contribution in [0, 0.1) is 0 Å². The number of amidine groups is 1. The first kappa shape index (κ1) is 18.7. The van der Waals surface area contributed by atoms with Crippen LogP contribution in [0.3, 0.4) is 0 Å². The van der Waals surface area contributed by atoms with Crippen molar-refractivity contribution in [3.8, 4) is 11.5 Å². The number of nitrogens with zero attached hydrogens (tertiary/aromatic N) is 1. The van der Waals surface area contributed by atoms with Crippen LogP contribution in [0.2, 0.25) is 10.0 Å². The molecule has 7 nitrogen and oxygen atoms in total. The second-order valence-corrected chi connectivity index (χ2v) is 7.71. The molecule has 146 valence electrons. The van der Waals surface area contributed by atoms with Crippen LogP contribution in [-0.4, -0.2) is 11.9 Å². The fraction of sp³-hybridized carbons (Fsp3) is 0.263. The number of nitrogens with one attached hydrogen (secondary N) is 2. The number of anilines is 1. The molecule has 2 aliphatic rings. The van der Waals surface area contributed by atoms with E-state index >= 15 is 0 Å². The zero-order valence-electron chi connectivity index (χ0n) is 14.9. The zero-order valence-corrected chi connectivity index (χ0v) is 16.4. The molecule has 1 fully saturated rings. The fourth-order valence-electron chi connectivity index (χ4n) is 4.01. The van der Waals surface area contributed by atoms with Gasteiger partial charge in [0.2, 0.25) is 0 Å². The van der Waals surface area contributed by atoms with E-state index in [2.05, 4.69) is 15.7 Å². The maximum absolute atomic E-state index is 12.3. The van der Waals surface area contributed by atoms with Crippen LogP contribution in [0.25, 0.3) is 0 Å². The summed E-state index contributed by atoms with van der Waals surface area (Å²) in [4.78, 5) is 12.3. The van der Waals surface area contributed by atoms with E-state index in [-0.39, 0.29) is 11.9 Å². The van der Waals surface area contributed by atoms with Gasteiger partial charge in [0, 0.05) is 5.56 Å². The summed E-state index contributed by atoms with van der Waals surface area (Å²) in [6, 6.07) is 8.33. The number of hydrogen-bond donors (Lipinski definition) is 4. The Morgan fingerprint density at radius 2 is 1.89 bits per heavy atom. The SMILES string of the molecule is N/N=C(\N)c1cccc(Cl)c1Oc1ccc(Cl)c2c1C1(CCCC1)NC(=O)N2. The molecular weight excluding hydrogens is 401 g/mol. The second-order valence-electron chi connectivity index (χ2n) is 6.90. The first-order valence-electron chi connectivity index (χ1n) is 8.87. The number of nitrogens with two attached hydrogens (primary N) is 2. The number of amides is 2. The molecule has 28 heavy (non-hydrogen) atoms. The summed E-state index contributed by atoms with van der Waals surface area (Å²) in [5.41, 5.74) is 7.22. The molecule has 1 heterocycles. The van der Waals surface area contributed by atoms with E-state index in [1.807, 2.05) is 0 Å². The summed E-state index contributed by atoms with van der Waals surface area (Å²) in [6.07, 6.45) is 3.59. The molecule has 1 saturated carbocycles. The molecule has 0 radical (unpaired) electrons. The number of halogens is 2. The van der Waals surface area contributed by atoms with Crippen LogP contribution in [0.5, 0.6) is 11.5 Å². The Balaban J connectivity index is 1.88. The number of urea groups is 1. The summed E-state index contributed by atoms with van der Waals surface area (Å²) in [7, 11) is 0. The number of benzene rings is 2. The second kappa shape index (κ2) is 7.07. The molecule has 4 rings (SSSR count). The summed E-state index contributed by atoms with van der Waals surface area (Å²) in [5.74, 6) is 6.32. The Labute approximate surface area is 172 Å². The number of ether oxygens (including phenoxy) is 1. The molecule has 2 amide bonds. The molecule has 6 N–H and O–H groups in total. The zero-order chi connectivity index (χ0) is 19.9. The van der Waals surface area contributed by atoms with Gasteiger partial charge in [0.25, 0.3) is 0 Å². The van der Waals surface area contributed by atoms with Gasteiger partial charge in [-0.1, -0.05) is 42.1 Å². The molecular formula is C19H19Cl2N5O2. The highest BCUT2D eigenvalue weighted by molar-refractivity contribution is 6.34. The van der Waals surface area contributed by atoms with E-state index in [1.54, 1.807) is 30.3 Å². The molecule has 2 aromatic carbocycles. The van der Waals surface area contributed by atoms with Crippen LogP contribution < -0.4 is 26.9 Å². The molecule has 0 unspecified atom stereocenters. The Hall–Kier alpha value is -2.64. The number of fused-ring (bicyclic) bond motifs is 2. The van der Waals surface area contributed by atoms with E-state index in [1.165, 1.54) is 0 Å². The summed E-state index contributed by atoms with van der Waals surface area (Å²) in [5, 5.41) is 10.2. The monoisotopic (exact) mass is 419 g/mol. The van der Waals surface area contributed by atoms with E-state index in [9.17, 15) is 4.79 Å². The largest absolute Gasteiger partial charge is 0.455 e. The summed E-state index contributed by atoms with van der Waals surface area (Å²) < 4.78 is 6.24. The number of rotatable bonds is 3. The first-order chi connectivity index (χ1) is 13.4. The molecule has 0 atom stereocenters. The molecule has 0 bridgehead atoms. The quantitative estimate of drug-likeness (QED) is 0.257. The first-order valence-corrected chi connectivity index (χ1v) is 9.63. The van der Waals surface area contributed by atoms with Crippen molar-refractivity contribution < 1.29 is 9.53 Å². The van der Waals surface area contributed by atoms with Crippen molar-refractivity contribution in [1.29, 1.82) is 0 Å². The number of para-hydroxylation sites is 1. The third kappa shape index (κ3) is 3.00. The maximum Gasteiger partial charge on any atom is 0.319 e. The van der Waals surface area contributed by atoms with Crippen LogP contribution >= 0.6 is 23.2 Å². The molecule has 0 saturated heterocycles. The number of hydrazone groups is 1. The number of carbonyl (C=O) groups is 1. The molecule has 0 aromatic heterocycles. The molecule has 1 spiro atoms. The lowest BCUT2D eigenvalue weighted by Crippen LogP contribution is -2.50. The van der Waals surface area contributed by atoms with Crippen molar-refractivity contribution in [2.75, 3.05) is 5.32 Å². The predicted molar refractivity (Wildman–Crippen MR) is 110 cm³/mol. The topological polar surface area (TPSA) is 115 Å². The van der Waals surface area contributed by atoms with Gasteiger partial charge in [-0.05, 0) is 37.1 Å². The Morgan fingerprint density at radius 1 is 1.14 bits per heavy atom. The molecule has 1 aliphatic heterocycles. The minimum atomic E-state index is -0.535. The maximum atomic E-state index is 12.3. The minimum Gasteiger partial charge on any atom is -0.455 e. The fourth-order valence-corrected chi connectivity index (χ4v) is 4.43. The summed E-state index contributed by atoms with van der Waals surface area (Å²) >= 11 is 12.8. The smallest absolute Gasteiger partial charge is 0.319 e. The van der Waals surface area contributed by atoms with Gasteiger partial charge in [-0.3, -0.25) is 0 Å². The van der Waals surface area contributed by atoms with Crippen molar-refractivity contribution >= 4 is 40.8 Å². The van der Waals surface area contributed by atoms with Crippen molar-refractivity contribution in [1.82, 2.24) is 5.32 Å². The highest BCUT2D eigenvalue weighted by Gasteiger charge is 2.45. The van der Waals surface area contributed by atoms with E-state index < -0.39 is 5.54 Å². The standard InChI is InChI=1S/C19H19Cl2N5O2/c20-11-6-7-13(28-16-10(17(22)26-23)4-3-5-12(16)21)14-15(11)24-18(27)25-19(14)8-1-2-9-19/h3-7H,1-2,8-9,23H2,(H2,22,26)(H2,24,25,27). The van der Waals surface area contributed by atoms with Crippen molar-refractivity contribution in [2.45, 2.75) is 31.2 Å². The Morgan fingerprint density at radius 3 is 2.61 bits per heavy atom. The average molecular weight is 420 g/mol. The van der Waals surface area contributed by atoms with Crippen molar-refractivity contribution in [3.05, 3.63) is 51.5 Å². The third-order valence-electron chi connectivity index (χ3n) is 5.24. The predicted octanol–water partition coefficient (Wildman–Crippen LogP) is 4.27. The average Bonchev–Trinajstić information content (AvgIpc) is 3.13. The van der Waals surface area contributed by atoms with Crippen molar-refractivity contribution in [3.63, 3.8) is 0 Å². The van der Waals surface area contributed by atoms with Crippen molar-refractivity contribution in [2.24, 2.45) is 16.7 Å². The van der Waals surface area contributed by atoms with E-state index in [4.69, 9.17) is 39.5 Å². The third-order valence-corrected chi connectivity index (χ3v) is 5.85. The van der Waals surface area contributed by atoms with Gasteiger partial charge in [-0.25, -0.2) is 4.79 Å². The van der Waals surface area contributed by atoms with Gasteiger partial charge in [-0.2, -0.15) is 5.10 Å². The highest BCUT2D eigenvalue weighted by atomic mass is 35.5. The summed E-state index contributed by atoms with van der Waals surface area (Å²) in [6.45, 7) is 0. The van der Waals surface area contributed by atoms with Gasteiger partial charge >= 0.3 is 6.03 Å². The van der Waals surface area contributed by atoms with Gasteiger partial charge in [-0.15, -0.1) is 0 Å². The Kier molecular flexibility index (Phi) is 4.72. The van der Waals surface area contributed by atoms with Crippen LogP contribution in [0.4, 0.5) is 10.5 Å². The lowest BCUT2D eigenvalue weighted by Gasteiger charge is -2.38. The molecule has 1 aliphatic carbocycles. The minimum absolute atomic E-state index is 0.0994. The van der Waals surface area contributed by atoms with Crippen LogP contribution in [0.15, 0.2) is 35.4 Å². The lowest BCUT2D eigenvalue weighted by atomic mass is 9.84. The van der Waals surface area contributed by atoms with Gasteiger partial charge in [0.15, 0.2) is 11.6 Å². The number of hydrogen-bond acceptors (Lipinski definition) is 4.